The molecule has 2 aromatic heterocycles. The smallest absolute Gasteiger partial charge is 0.250 e. The van der Waals surface area contributed by atoms with Crippen molar-refractivity contribution >= 4 is 38.3 Å². The maximum Gasteiger partial charge on any atom is 0.250 e. The van der Waals surface area contributed by atoms with E-state index in [0.717, 1.165) is 15.0 Å². The third-order valence-corrected chi connectivity index (χ3v) is 4.09. The zero-order chi connectivity index (χ0) is 13.3. The van der Waals surface area contributed by atoms with Gasteiger partial charge >= 0.3 is 0 Å². The summed E-state index contributed by atoms with van der Waals surface area (Å²) in [7, 11) is 0. The zero-order valence-electron chi connectivity index (χ0n) is 10.3. The maximum absolute atomic E-state index is 12.0. The number of aryl methyl sites for hydroxylation is 2. The van der Waals surface area contributed by atoms with Gasteiger partial charge in [-0.05, 0) is 36.7 Å². The Labute approximate surface area is 117 Å². The molecule has 1 N–H and O–H groups in total. The van der Waals surface area contributed by atoms with Crippen molar-refractivity contribution in [2.24, 2.45) is 0 Å². The monoisotopic (exact) mass is 328 g/mol. The molecule has 0 fully saturated rings. The number of nitrogens with one attached hydrogen (secondary N) is 1. The molecule has 96 valence electrons. The number of carbonyl (C=O) groups excluding carboxylic acids is 1. The Morgan fingerprint density at radius 3 is 2.78 bits per heavy atom. The van der Waals surface area contributed by atoms with E-state index in [4.69, 9.17) is 0 Å². The molecular weight excluding hydrogens is 316 g/mol. The van der Waals surface area contributed by atoms with Crippen LogP contribution in [0.3, 0.4) is 0 Å². The summed E-state index contributed by atoms with van der Waals surface area (Å²) in [5, 5.41) is 7.67. The van der Waals surface area contributed by atoms with Gasteiger partial charge in [0, 0.05) is 17.3 Å². The Morgan fingerprint density at radius 2 is 2.28 bits per heavy atom. The number of nitrogens with zero attached hydrogens (tertiary/aromatic N) is 3. The van der Waals surface area contributed by atoms with Crippen LogP contribution >= 0.6 is 27.3 Å². The van der Waals surface area contributed by atoms with Crippen LogP contribution in [-0.2, 0) is 4.79 Å². The zero-order valence-corrected chi connectivity index (χ0v) is 12.7. The predicted octanol–water partition coefficient (Wildman–Crippen LogP) is 2.92. The molecule has 5 nitrogen and oxygen atoms in total. The van der Waals surface area contributed by atoms with E-state index in [9.17, 15) is 4.79 Å². The quantitative estimate of drug-likeness (QED) is 0.942. The molecule has 2 aromatic rings. The molecule has 0 aliphatic heterocycles. The van der Waals surface area contributed by atoms with Crippen molar-refractivity contribution in [3.63, 3.8) is 0 Å². The van der Waals surface area contributed by atoms with Crippen LogP contribution in [-0.4, -0.2) is 20.7 Å². The number of amides is 1. The normalized spacial score (nSPS) is 12.4. The Hall–Kier alpha value is -1.21. The van der Waals surface area contributed by atoms with E-state index in [0.29, 0.717) is 5.13 Å². The predicted molar refractivity (Wildman–Crippen MR) is 74.9 cm³/mol. The molecule has 0 radical (unpaired) electrons. The fraction of sp³-hybridized carbons (Fsp3) is 0.364. The van der Waals surface area contributed by atoms with Gasteiger partial charge in [0.25, 0.3) is 5.91 Å². The molecule has 18 heavy (non-hydrogen) atoms. The number of rotatable bonds is 3. The number of thiazole rings is 1. The van der Waals surface area contributed by atoms with E-state index in [1.165, 1.54) is 11.3 Å². The first-order valence-corrected chi connectivity index (χ1v) is 7.03. The summed E-state index contributed by atoms with van der Waals surface area (Å²) in [5.41, 5.74) is 0.861. The van der Waals surface area contributed by atoms with Gasteiger partial charge in [0.15, 0.2) is 5.13 Å². The molecule has 0 bridgehead atoms. The van der Waals surface area contributed by atoms with Gasteiger partial charge in [-0.25, -0.2) is 4.98 Å². The third-order valence-electron chi connectivity index (χ3n) is 2.48. The standard InChI is InChI=1S/C11H13BrN4OS/c1-6-4-13-11(18-6)14-10(17)8(3)16-5-9(12)7(2)15-16/h4-5,8H,1-3H3,(H,13,14,17)/t8-/m1/s1. The van der Waals surface area contributed by atoms with Crippen molar-refractivity contribution in [2.45, 2.75) is 26.8 Å². The van der Waals surface area contributed by atoms with Crippen LogP contribution in [0.4, 0.5) is 5.13 Å². The van der Waals surface area contributed by atoms with E-state index in [1.54, 1.807) is 24.0 Å². The fourth-order valence-corrected chi connectivity index (χ4v) is 2.36. The number of carbonyl (C=O) groups is 1. The van der Waals surface area contributed by atoms with Crippen LogP contribution in [0.25, 0.3) is 0 Å². The van der Waals surface area contributed by atoms with E-state index in [2.05, 4.69) is 31.3 Å². The summed E-state index contributed by atoms with van der Waals surface area (Å²) in [5.74, 6) is -0.126. The SMILES string of the molecule is Cc1cnc(NC(=O)[C@@H](C)n2cc(Br)c(C)n2)s1. The molecular formula is C11H13BrN4OS. The lowest BCUT2D eigenvalue weighted by atomic mass is 10.3. The second-order valence-corrected chi connectivity index (χ2v) is 6.07. The van der Waals surface area contributed by atoms with Crippen LogP contribution in [0, 0.1) is 13.8 Å². The lowest BCUT2D eigenvalue weighted by Crippen LogP contribution is -2.24. The Morgan fingerprint density at radius 1 is 1.56 bits per heavy atom. The Balaban J connectivity index is 2.09. The molecule has 1 amide bonds. The van der Waals surface area contributed by atoms with Gasteiger partial charge in [-0.2, -0.15) is 5.10 Å². The molecule has 0 unspecified atom stereocenters. The average molecular weight is 329 g/mol. The van der Waals surface area contributed by atoms with E-state index in [-0.39, 0.29) is 11.9 Å². The number of halogens is 1. The fourth-order valence-electron chi connectivity index (χ4n) is 1.40. The van der Waals surface area contributed by atoms with E-state index >= 15 is 0 Å². The summed E-state index contributed by atoms with van der Waals surface area (Å²) in [6.07, 6.45) is 3.53. The van der Waals surface area contributed by atoms with Crippen molar-refractivity contribution < 1.29 is 4.79 Å². The molecule has 2 rings (SSSR count). The molecule has 0 aliphatic rings. The summed E-state index contributed by atoms with van der Waals surface area (Å²) >= 11 is 4.83. The number of aromatic nitrogens is 3. The lowest BCUT2D eigenvalue weighted by molar-refractivity contribution is -0.119. The molecule has 0 aromatic carbocycles. The van der Waals surface area contributed by atoms with Crippen LogP contribution in [0.2, 0.25) is 0 Å². The van der Waals surface area contributed by atoms with Crippen LogP contribution in [0.15, 0.2) is 16.9 Å². The first-order valence-electron chi connectivity index (χ1n) is 5.42. The summed E-state index contributed by atoms with van der Waals surface area (Å²) in [4.78, 5) is 17.2. The molecule has 1 atom stereocenters. The topological polar surface area (TPSA) is 59.8 Å². The highest BCUT2D eigenvalue weighted by molar-refractivity contribution is 9.10. The van der Waals surface area contributed by atoms with Gasteiger partial charge in [0.2, 0.25) is 0 Å². The molecule has 0 aliphatic carbocycles. The largest absolute Gasteiger partial charge is 0.300 e. The molecule has 0 spiro atoms. The first-order chi connectivity index (χ1) is 8.47. The minimum absolute atomic E-state index is 0.126. The average Bonchev–Trinajstić information content (AvgIpc) is 2.85. The minimum Gasteiger partial charge on any atom is -0.300 e. The highest BCUT2D eigenvalue weighted by Gasteiger charge is 2.18. The summed E-state index contributed by atoms with van der Waals surface area (Å²) < 4.78 is 2.53. The Kier molecular flexibility index (Phi) is 3.82. The molecule has 0 saturated carbocycles. The first kappa shape index (κ1) is 13.2. The minimum atomic E-state index is -0.376. The van der Waals surface area contributed by atoms with Crippen molar-refractivity contribution in [2.75, 3.05) is 5.32 Å². The van der Waals surface area contributed by atoms with Crippen molar-refractivity contribution in [3.8, 4) is 0 Å². The summed E-state index contributed by atoms with van der Waals surface area (Å²) in [6.45, 7) is 5.63. The van der Waals surface area contributed by atoms with Crippen LogP contribution < -0.4 is 5.32 Å². The molecule has 7 heteroatoms. The second kappa shape index (κ2) is 5.19. The van der Waals surface area contributed by atoms with Crippen molar-refractivity contribution in [3.05, 3.63) is 27.4 Å². The van der Waals surface area contributed by atoms with Crippen LogP contribution in [0.1, 0.15) is 23.5 Å². The molecule has 0 saturated heterocycles. The lowest BCUT2D eigenvalue weighted by Gasteiger charge is -2.10. The highest BCUT2D eigenvalue weighted by Crippen LogP contribution is 2.20. The number of hydrogen-bond acceptors (Lipinski definition) is 4. The van der Waals surface area contributed by atoms with Crippen LogP contribution in [0.5, 0.6) is 0 Å². The van der Waals surface area contributed by atoms with E-state index in [1.807, 2.05) is 13.8 Å². The van der Waals surface area contributed by atoms with Gasteiger partial charge < -0.3 is 5.32 Å². The van der Waals surface area contributed by atoms with Gasteiger partial charge in [-0.1, -0.05) is 0 Å². The third kappa shape index (κ3) is 2.78. The van der Waals surface area contributed by atoms with Gasteiger partial charge in [-0.3, -0.25) is 9.48 Å². The van der Waals surface area contributed by atoms with Gasteiger partial charge in [-0.15, -0.1) is 11.3 Å². The van der Waals surface area contributed by atoms with Crippen molar-refractivity contribution in [1.29, 1.82) is 0 Å². The van der Waals surface area contributed by atoms with E-state index < -0.39 is 0 Å². The van der Waals surface area contributed by atoms with Gasteiger partial charge in [0.05, 0.1) is 10.2 Å². The molecule has 2 heterocycles. The Bertz CT molecular complexity index is 558. The second-order valence-electron chi connectivity index (χ2n) is 3.98. The van der Waals surface area contributed by atoms with Gasteiger partial charge in [0.1, 0.15) is 6.04 Å². The number of hydrogen-bond donors (Lipinski definition) is 1. The highest BCUT2D eigenvalue weighted by atomic mass is 79.9. The number of anilines is 1. The maximum atomic E-state index is 12.0. The summed E-state index contributed by atoms with van der Waals surface area (Å²) in [6, 6.07) is -0.376. The van der Waals surface area contributed by atoms with Crippen molar-refractivity contribution in [1.82, 2.24) is 14.8 Å².